The first-order chi connectivity index (χ1) is 27.2. The van der Waals surface area contributed by atoms with E-state index in [0.717, 1.165) is 24.2 Å². The number of allylic oxidation sites excluding steroid dienone is 4. The lowest BCUT2D eigenvalue weighted by Crippen LogP contribution is -2.52. The van der Waals surface area contributed by atoms with Crippen molar-refractivity contribution in [2.24, 2.45) is 11.3 Å². The number of likely N-dealkylation sites (tertiary alicyclic amines) is 2. The zero-order chi connectivity index (χ0) is 40.2. The van der Waals surface area contributed by atoms with Crippen LogP contribution in [-0.4, -0.2) is 69.7 Å². The quantitative estimate of drug-likeness (QED) is 0.122. The molecule has 3 aliphatic rings. The van der Waals surface area contributed by atoms with E-state index >= 15 is 0 Å². The molecule has 2 saturated heterocycles. The Bertz CT molecular complexity index is 2460. The Balaban J connectivity index is 1.29. The minimum absolute atomic E-state index is 0.00536. The van der Waals surface area contributed by atoms with Gasteiger partial charge in [0.2, 0.25) is 11.8 Å². The molecule has 2 fully saturated rings. The van der Waals surface area contributed by atoms with Crippen LogP contribution in [0.2, 0.25) is 0 Å². The summed E-state index contributed by atoms with van der Waals surface area (Å²) in [5, 5.41) is 20.9. The van der Waals surface area contributed by atoms with E-state index in [1.165, 1.54) is 18.2 Å². The van der Waals surface area contributed by atoms with E-state index in [9.17, 15) is 32.7 Å². The van der Waals surface area contributed by atoms with Crippen molar-refractivity contribution in [1.29, 1.82) is 5.26 Å². The first-order valence-corrected chi connectivity index (χ1v) is 18.6. The largest absolute Gasteiger partial charge is 0.480 e. The van der Waals surface area contributed by atoms with Gasteiger partial charge in [0, 0.05) is 49.4 Å². The second-order valence-corrected chi connectivity index (χ2v) is 15.7. The molecule has 3 aromatic carbocycles. The van der Waals surface area contributed by atoms with E-state index in [1.807, 2.05) is 37.3 Å². The number of nitriles is 1. The molecule has 1 N–H and O–H groups in total. The molecule has 0 spiro atoms. The van der Waals surface area contributed by atoms with Gasteiger partial charge in [-0.1, -0.05) is 56.3 Å². The fraction of sp³-hybridized carbons (Fsp3) is 0.381. The van der Waals surface area contributed by atoms with Crippen LogP contribution in [-0.2, 0) is 23.3 Å². The van der Waals surface area contributed by atoms with Gasteiger partial charge in [0.15, 0.2) is 16.6 Å². The fourth-order valence-corrected chi connectivity index (χ4v) is 8.58. The number of rotatable bonds is 12. The number of oxazole rings is 2. The van der Waals surface area contributed by atoms with Crippen LogP contribution in [0.5, 0.6) is 11.5 Å². The van der Waals surface area contributed by atoms with Crippen molar-refractivity contribution < 1.29 is 45.8 Å². The van der Waals surface area contributed by atoms with Crippen molar-refractivity contribution in [3.05, 3.63) is 101 Å². The molecule has 2 aromatic heterocycles. The number of aryl methyl sites for hydroxylation is 1. The van der Waals surface area contributed by atoms with Gasteiger partial charge in [0.1, 0.15) is 28.6 Å². The Morgan fingerprint density at radius 3 is 2.11 bits per heavy atom. The SMILES string of the molecule is Cc1ccccc1C1=CC=CC(c2nc3cc(CN4CC(C)(C)C4)c(OC(F)F)cc3o2)(c2nc3cc(CN4CCC[C@H]4C(=O)O)c(OC(F)F)cc3o2)C1C#N. The number of aromatic nitrogens is 2. The Hall–Kier alpha value is -5.72. The van der Waals surface area contributed by atoms with Gasteiger partial charge < -0.3 is 23.4 Å². The molecule has 11 nitrogen and oxygen atoms in total. The molecule has 2 aliphatic heterocycles. The van der Waals surface area contributed by atoms with Gasteiger partial charge in [-0.3, -0.25) is 14.6 Å². The highest BCUT2D eigenvalue weighted by molar-refractivity contribution is 5.81. The van der Waals surface area contributed by atoms with Gasteiger partial charge in [-0.2, -0.15) is 22.8 Å². The minimum Gasteiger partial charge on any atom is -0.480 e. The molecule has 4 heterocycles. The predicted molar refractivity (Wildman–Crippen MR) is 200 cm³/mol. The zero-order valence-corrected chi connectivity index (χ0v) is 31.3. The third-order valence-corrected chi connectivity index (χ3v) is 11.0. The Morgan fingerprint density at radius 1 is 0.965 bits per heavy atom. The number of nitrogens with zero attached hydrogens (tertiary/aromatic N) is 5. The van der Waals surface area contributed by atoms with Crippen LogP contribution in [0.25, 0.3) is 27.8 Å². The maximum atomic E-state index is 13.8. The minimum atomic E-state index is -3.19. The third-order valence-electron chi connectivity index (χ3n) is 11.0. The van der Waals surface area contributed by atoms with E-state index in [-0.39, 0.29) is 57.5 Å². The van der Waals surface area contributed by atoms with Crippen molar-refractivity contribution in [3.63, 3.8) is 0 Å². The highest BCUT2D eigenvalue weighted by atomic mass is 19.3. The molecule has 1 aliphatic carbocycles. The summed E-state index contributed by atoms with van der Waals surface area (Å²) in [6.07, 6.45) is 6.26. The molecular weight excluding hydrogens is 746 g/mol. The highest BCUT2D eigenvalue weighted by Gasteiger charge is 2.52. The molecule has 15 heteroatoms. The number of hydrogen-bond donors (Lipinski definition) is 1. The predicted octanol–water partition coefficient (Wildman–Crippen LogP) is 8.45. The van der Waals surface area contributed by atoms with Crippen molar-refractivity contribution in [2.75, 3.05) is 19.6 Å². The van der Waals surface area contributed by atoms with Crippen LogP contribution in [0.3, 0.4) is 0 Å². The molecule has 5 aromatic rings. The van der Waals surface area contributed by atoms with E-state index < -0.39 is 36.6 Å². The van der Waals surface area contributed by atoms with Crippen molar-refractivity contribution in [3.8, 4) is 17.6 Å². The molecular formula is C42H39F4N5O6. The van der Waals surface area contributed by atoms with E-state index in [1.54, 1.807) is 23.1 Å². The van der Waals surface area contributed by atoms with E-state index in [2.05, 4.69) is 24.8 Å². The molecule has 0 amide bonds. The molecule has 57 heavy (non-hydrogen) atoms. The van der Waals surface area contributed by atoms with E-state index in [0.29, 0.717) is 42.6 Å². The van der Waals surface area contributed by atoms with Crippen LogP contribution in [0.1, 0.15) is 60.7 Å². The molecule has 3 atom stereocenters. The third kappa shape index (κ3) is 7.12. The fourth-order valence-electron chi connectivity index (χ4n) is 8.58. The number of carboxylic acid groups (broad SMARTS) is 1. The topological polar surface area (TPSA) is 138 Å². The van der Waals surface area contributed by atoms with Gasteiger partial charge in [-0.15, -0.1) is 0 Å². The number of benzene rings is 3. The highest BCUT2D eigenvalue weighted by Crippen LogP contribution is 2.50. The van der Waals surface area contributed by atoms with Crippen molar-refractivity contribution >= 4 is 33.7 Å². The summed E-state index contributed by atoms with van der Waals surface area (Å²) in [5.41, 5.74) is 2.15. The molecule has 2 unspecified atom stereocenters. The first-order valence-electron chi connectivity index (χ1n) is 18.6. The number of hydrogen-bond acceptors (Lipinski definition) is 10. The zero-order valence-electron chi connectivity index (χ0n) is 31.3. The number of ether oxygens (including phenoxy) is 2. The van der Waals surface area contributed by atoms with Crippen LogP contribution in [0.4, 0.5) is 17.6 Å². The number of aliphatic carboxylic acids is 1. The number of carboxylic acids is 1. The Kier molecular flexibility index (Phi) is 9.81. The second-order valence-electron chi connectivity index (χ2n) is 15.7. The normalized spacial score (nSPS) is 22.3. The second kappa shape index (κ2) is 14.7. The lowest BCUT2D eigenvalue weighted by Gasteiger charge is -2.46. The van der Waals surface area contributed by atoms with Crippen LogP contribution < -0.4 is 9.47 Å². The average molecular weight is 786 g/mol. The smallest absolute Gasteiger partial charge is 0.387 e. The lowest BCUT2D eigenvalue weighted by molar-refractivity contribution is -0.142. The number of carbonyl (C=O) groups is 1. The summed E-state index contributed by atoms with van der Waals surface area (Å²) in [6, 6.07) is 15.0. The van der Waals surface area contributed by atoms with Gasteiger partial charge in [0.25, 0.3) is 0 Å². The maximum absolute atomic E-state index is 13.8. The Morgan fingerprint density at radius 2 is 1.56 bits per heavy atom. The first kappa shape index (κ1) is 38.2. The molecule has 8 rings (SSSR count). The van der Waals surface area contributed by atoms with Gasteiger partial charge >= 0.3 is 19.2 Å². The average Bonchev–Trinajstić information content (AvgIpc) is 3.89. The summed E-state index contributed by atoms with van der Waals surface area (Å²) in [4.78, 5) is 25.5. The number of fused-ring (bicyclic) bond motifs is 2. The molecule has 0 radical (unpaired) electrons. The monoisotopic (exact) mass is 785 g/mol. The molecule has 0 saturated carbocycles. The summed E-state index contributed by atoms with van der Waals surface area (Å²) >= 11 is 0. The van der Waals surface area contributed by atoms with Crippen LogP contribution in [0, 0.1) is 29.6 Å². The number of halogens is 4. The lowest BCUT2D eigenvalue weighted by atomic mass is 9.67. The summed E-state index contributed by atoms with van der Waals surface area (Å²) < 4.78 is 77.8. The standard InChI is InChI=1S/C42H39F4N5O6/c1-23-8-4-5-9-26(23)27-10-6-12-42(28(27)18-47,37-48-29-14-24(19-50-21-41(2,3)22-50)32(56-39(43)44)16-34(29)54-37)38-49-30-15-25(20-51-13-7-11-31(51)36(52)53)33(57-40(45)46)17-35(30)55-38/h4-6,8-10,12,14-17,28,31,39-40H,7,11,13,19-22H2,1-3H3,(H,52,53)/t28?,31-,42?/m0/s1. The summed E-state index contributed by atoms with van der Waals surface area (Å²) in [7, 11) is 0. The van der Waals surface area contributed by atoms with Crippen molar-refractivity contribution in [1.82, 2.24) is 19.8 Å². The molecule has 0 bridgehead atoms. The number of alkyl halides is 4. The summed E-state index contributed by atoms with van der Waals surface area (Å²) in [6.45, 7) is 2.16. The van der Waals surface area contributed by atoms with Crippen LogP contribution in [0.15, 0.2) is 75.6 Å². The van der Waals surface area contributed by atoms with Crippen LogP contribution >= 0.6 is 0 Å². The molecule has 296 valence electrons. The van der Waals surface area contributed by atoms with Gasteiger partial charge in [-0.05, 0) is 60.6 Å². The maximum Gasteiger partial charge on any atom is 0.387 e. The Labute approximate surface area is 324 Å². The van der Waals surface area contributed by atoms with Gasteiger partial charge in [-0.25, -0.2) is 9.97 Å². The summed E-state index contributed by atoms with van der Waals surface area (Å²) in [5.74, 6) is -2.46. The van der Waals surface area contributed by atoms with Gasteiger partial charge in [0.05, 0.1) is 12.0 Å². The van der Waals surface area contributed by atoms with Crippen molar-refractivity contribution in [2.45, 2.75) is 71.4 Å². The van der Waals surface area contributed by atoms with E-state index in [4.69, 9.17) is 28.3 Å².